The van der Waals surface area contributed by atoms with Crippen molar-refractivity contribution in [3.63, 3.8) is 0 Å². The van der Waals surface area contributed by atoms with Crippen molar-refractivity contribution in [2.24, 2.45) is 5.84 Å². The number of para-hydroxylation sites is 1. The van der Waals surface area contributed by atoms with E-state index in [1.807, 2.05) is 18.2 Å². The lowest BCUT2D eigenvalue weighted by molar-refractivity contribution is 1.28. The Bertz CT molecular complexity index is 471. The molecule has 0 aromatic heterocycles. The van der Waals surface area contributed by atoms with Crippen LogP contribution in [0.15, 0.2) is 58.3 Å². The van der Waals surface area contributed by atoms with Gasteiger partial charge in [0.2, 0.25) is 0 Å². The fraction of sp³-hybridized carbons (Fsp3) is 0.0769. The van der Waals surface area contributed by atoms with E-state index < -0.39 is 0 Å². The molecule has 17 heavy (non-hydrogen) atoms. The van der Waals surface area contributed by atoms with Gasteiger partial charge in [-0.05, 0) is 31.2 Å². The third-order valence-electron chi connectivity index (χ3n) is 2.29. The number of aryl methyl sites for hydroxylation is 1. The first-order valence-corrected chi connectivity index (χ1v) is 5.91. The van der Waals surface area contributed by atoms with E-state index >= 15 is 0 Å². The van der Waals surface area contributed by atoms with Crippen LogP contribution in [-0.4, -0.2) is 0 Å². The molecule has 0 aliphatic heterocycles. The summed E-state index contributed by atoms with van der Waals surface area (Å²) >= 11 is 1.70. The monoisotopic (exact) mass is 266 g/mol. The van der Waals surface area contributed by atoms with Gasteiger partial charge in [-0.2, -0.15) is 0 Å². The molecule has 0 saturated carbocycles. The first kappa shape index (κ1) is 13.9. The van der Waals surface area contributed by atoms with Crippen molar-refractivity contribution in [2.75, 3.05) is 5.43 Å². The van der Waals surface area contributed by atoms with E-state index in [9.17, 15) is 0 Å². The van der Waals surface area contributed by atoms with Crippen molar-refractivity contribution in [2.45, 2.75) is 16.7 Å². The Kier molecular flexibility index (Phi) is 5.35. The molecule has 2 rings (SSSR count). The molecular weight excluding hydrogens is 252 g/mol. The molecule has 0 radical (unpaired) electrons. The van der Waals surface area contributed by atoms with E-state index in [1.54, 1.807) is 11.8 Å². The highest BCUT2D eigenvalue weighted by molar-refractivity contribution is 7.99. The second-order valence-electron chi connectivity index (χ2n) is 3.56. The zero-order valence-corrected chi connectivity index (χ0v) is 11.1. The molecule has 4 heteroatoms. The Morgan fingerprint density at radius 2 is 1.65 bits per heavy atom. The van der Waals surface area contributed by atoms with Crippen LogP contribution in [0.4, 0.5) is 5.69 Å². The minimum absolute atomic E-state index is 0. The average molecular weight is 267 g/mol. The third kappa shape index (κ3) is 3.66. The Morgan fingerprint density at radius 3 is 2.29 bits per heavy atom. The van der Waals surface area contributed by atoms with Gasteiger partial charge in [0, 0.05) is 9.79 Å². The van der Waals surface area contributed by atoms with Gasteiger partial charge in [-0.1, -0.05) is 41.6 Å². The minimum atomic E-state index is 0. The molecule has 90 valence electrons. The lowest BCUT2D eigenvalue weighted by Crippen LogP contribution is -2.07. The molecule has 0 saturated heterocycles. The van der Waals surface area contributed by atoms with Crippen LogP contribution in [0, 0.1) is 6.92 Å². The fourth-order valence-electron chi connectivity index (χ4n) is 1.41. The molecule has 0 spiro atoms. The highest BCUT2D eigenvalue weighted by Crippen LogP contribution is 2.32. The van der Waals surface area contributed by atoms with Crippen LogP contribution >= 0.6 is 24.2 Å². The number of rotatable bonds is 3. The quantitative estimate of drug-likeness (QED) is 0.655. The third-order valence-corrected chi connectivity index (χ3v) is 3.38. The van der Waals surface area contributed by atoms with E-state index in [4.69, 9.17) is 5.84 Å². The maximum Gasteiger partial charge on any atom is 0.0624 e. The maximum atomic E-state index is 5.47. The van der Waals surface area contributed by atoms with Gasteiger partial charge < -0.3 is 5.43 Å². The summed E-state index contributed by atoms with van der Waals surface area (Å²) in [7, 11) is 0. The van der Waals surface area contributed by atoms with Crippen molar-refractivity contribution in [1.82, 2.24) is 0 Å². The number of hydrazine groups is 1. The highest BCUT2D eigenvalue weighted by atomic mass is 35.5. The minimum Gasteiger partial charge on any atom is -0.323 e. The van der Waals surface area contributed by atoms with Crippen LogP contribution in [0.1, 0.15) is 5.56 Å². The second-order valence-corrected chi connectivity index (χ2v) is 4.67. The standard InChI is InChI=1S/C13H14N2S.ClH/c1-10-6-8-11(9-7-10)16-13-5-3-2-4-12(13)15-14;/h2-9,15H,14H2,1H3;1H. The van der Waals surface area contributed by atoms with Crippen molar-refractivity contribution in [3.05, 3.63) is 54.1 Å². The molecule has 0 aliphatic carbocycles. The maximum absolute atomic E-state index is 5.47. The predicted molar refractivity (Wildman–Crippen MR) is 76.8 cm³/mol. The first-order valence-electron chi connectivity index (χ1n) is 5.10. The van der Waals surface area contributed by atoms with Crippen molar-refractivity contribution in [1.29, 1.82) is 0 Å². The largest absolute Gasteiger partial charge is 0.323 e. The molecule has 0 fully saturated rings. The second kappa shape index (κ2) is 6.55. The van der Waals surface area contributed by atoms with Gasteiger partial charge in [0.05, 0.1) is 5.69 Å². The highest BCUT2D eigenvalue weighted by Gasteiger charge is 2.01. The summed E-state index contributed by atoms with van der Waals surface area (Å²) in [4.78, 5) is 2.35. The SMILES string of the molecule is Cc1ccc(Sc2ccccc2NN)cc1.Cl. The zero-order chi connectivity index (χ0) is 11.4. The van der Waals surface area contributed by atoms with Gasteiger partial charge in [0.15, 0.2) is 0 Å². The summed E-state index contributed by atoms with van der Waals surface area (Å²) in [6, 6.07) is 16.5. The van der Waals surface area contributed by atoms with Crippen LogP contribution in [0.25, 0.3) is 0 Å². The van der Waals surface area contributed by atoms with Gasteiger partial charge in [-0.15, -0.1) is 12.4 Å². The van der Waals surface area contributed by atoms with Gasteiger partial charge in [-0.3, -0.25) is 5.84 Å². The Hall–Kier alpha value is -1.16. The number of hydrogen-bond acceptors (Lipinski definition) is 3. The Balaban J connectivity index is 0.00000144. The number of halogens is 1. The van der Waals surface area contributed by atoms with Gasteiger partial charge in [0.1, 0.15) is 0 Å². The van der Waals surface area contributed by atoms with Gasteiger partial charge >= 0.3 is 0 Å². The molecule has 0 aliphatic rings. The normalized spacial score (nSPS) is 9.53. The van der Waals surface area contributed by atoms with E-state index in [1.165, 1.54) is 10.5 Å². The summed E-state index contributed by atoms with van der Waals surface area (Å²) in [5, 5.41) is 0. The van der Waals surface area contributed by atoms with Crippen LogP contribution in [-0.2, 0) is 0 Å². The predicted octanol–water partition coefficient (Wildman–Crippen LogP) is 3.85. The zero-order valence-electron chi connectivity index (χ0n) is 9.51. The summed E-state index contributed by atoms with van der Waals surface area (Å²) in [5.74, 6) is 5.47. The smallest absolute Gasteiger partial charge is 0.0624 e. The first-order chi connectivity index (χ1) is 7.79. The number of anilines is 1. The topological polar surface area (TPSA) is 38.0 Å². The van der Waals surface area contributed by atoms with Crippen molar-refractivity contribution < 1.29 is 0 Å². The van der Waals surface area contributed by atoms with Gasteiger partial charge in [0.25, 0.3) is 0 Å². The van der Waals surface area contributed by atoms with E-state index in [-0.39, 0.29) is 12.4 Å². The van der Waals surface area contributed by atoms with Gasteiger partial charge in [-0.25, -0.2) is 0 Å². The Labute approximate surface area is 112 Å². The number of nitrogen functional groups attached to an aromatic ring is 1. The molecule has 0 unspecified atom stereocenters. The summed E-state index contributed by atoms with van der Waals surface area (Å²) in [6.07, 6.45) is 0. The molecular formula is C13H15ClN2S. The van der Waals surface area contributed by atoms with Crippen molar-refractivity contribution >= 4 is 29.9 Å². The lowest BCUT2D eigenvalue weighted by atomic mass is 10.2. The number of benzene rings is 2. The Morgan fingerprint density at radius 1 is 1.00 bits per heavy atom. The van der Waals surface area contributed by atoms with E-state index in [0.717, 1.165) is 10.6 Å². The summed E-state index contributed by atoms with van der Waals surface area (Å²) < 4.78 is 0. The molecule has 0 atom stereocenters. The van der Waals surface area contributed by atoms with Crippen LogP contribution in [0.2, 0.25) is 0 Å². The van der Waals surface area contributed by atoms with Crippen LogP contribution < -0.4 is 11.3 Å². The molecule has 3 N–H and O–H groups in total. The van der Waals surface area contributed by atoms with Crippen LogP contribution in [0.5, 0.6) is 0 Å². The molecule has 0 bridgehead atoms. The summed E-state index contributed by atoms with van der Waals surface area (Å²) in [5.41, 5.74) is 4.93. The molecule has 2 aromatic rings. The number of hydrogen-bond donors (Lipinski definition) is 2. The molecule has 2 nitrogen and oxygen atoms in total. The molecule has 2 aromatic carbocycles. The van der Waals surface area contributed by atoms with E-state index in [0.29, 0.717) is 0 Å². The number of nitrogens with one attached hydrogen (secondary N) is 1. The lowest BCUT2D eigenvalue weighted by Gasteiger charge is -2.07. The molecule has 0 heterocycles. The molecule has 0 amide bonds. The van der Waals surface area contributed by atoms with E-state index in [2.05, 4.69) is 42.7 Å². The number of nitrogens with two attached hydrogens (primary N) is 1. The van der Waals surface area contributed by atoms with Crippen molar-refractivity contribution in [3.8, 4) is 0 Å². The average Bonchev–Trinajstić information content (AvgIpc) is 2.33. The van der Waals surface area contributed by atoms with Crippen LogP contribution in [0.3, 0.4) is 0 Å². The fourth-order valence-corrected chi connectivity index (χ4v) is 2.32. The summed E-state index contributed by atoms with van der Waals surface area (Å²) in [6.45, 7) is 2.09.